The first-order chi connectivity index (χ1) is 10.3. The van der Waals surface area contributed by atoms with Crippen LogP contribution in [0.3, 0.4) is 0 Å². The van der Waals surface area contributed by atoms with Gasteiger partial charge in [0.15, 0.2) is 11.5 Å². The summed E-state index contributed by atoms with van der Waals surface area (Å²) in [5.41, 5.74) is 0. The maximum Gasteiger partial charge on any atom is 0.220 e. The second kappa shape index (κ2) is 6.80. The van der Waals surface area contributed by atoms with Crippen LogP contribution in [-0.2, 0) is 4.79 Å². The van der Waals surface area contributed by atoms with Gasteiger partial charge in [-0.1, -0.05) is 12.1 Å². The number of fused-ring (bicyclic) bond motifs is 1. The monoisotopic (exact) mass is 290 g/mol. The van der Waals surface area contributed by atoms with Gasteiger partial charge >= 0.3 is 0 Å². The van der Waals surface area contributed by atoms with E-state index in [4.69, 9.17) is 9.47 Å². The summed E-state index contributed by atoms with van der Waals surface area (Å²) in [5.74, 6) is 2.15. The Morgan fingerprint density at radius 3 is 2.81 bits per heavy atom. The van der Waals surface area contributed by atoms with Crippen LogP contribution in [0.4, 0.5) is 0 Å². The Bertz CT molecular complexity index is 486. The highest BCUT2D eigenvalue weighted by atomic mass is 16.6. The largest absolute Gasteiger partial charge is 0.486 e. The minimum Gasteiger partial charge on any atom is -0.486 e. The van der Waals surface area contributed by atoms with Crippen molar-refractivity contribution in [2.75, 3.05) is 26.2 Å². The Morgan fingerprint density at radius 1 is 1.24 bits per heavy atom. The second-order valence-corrected chi connectivity index (χ2v) is 5.70. The van der Waals surface area contributed by atoms with E-state index in [0.29, 0.717) is 25.5 Å². The Kier molecular flexibility index (Phi) is 4.60. The topological polar surface area (TPSA) is 59.6 Å². The Labute approximate surface area is 125 Å². The molecule has 2 heterocycles. The van der Waals surface area contributed by atoms with Crippen molar-refractivity contribution in [1.82, 2.24) is 10.6 Å². The van der Waals surface area contributed by atoms with Crippen molar-refractivity contribution in [3.8, 4) is 11.5 Å². The molecule has 3 rings (SSSR count). The molecule has 0 aromatic heterocycles. The van der Waals surface area contributed by atoms with E-state index in [0.717, 1.165) is 37.4 Å². The Morgan fingerprint density at radius 2 is 2.00 bits per heavy atom. The van der Waals surface area contributed by atoms with E-state index in [9.17, 15) is 4.79 Å². The van der Waals surface area contributed by atoms with Gasteiger partial charge in [0.25, 0.3) is 0 Å². The minimum absolute atomic E-state index is 0.114. The van der Waals surface area contributed by atoms with Gasteiger partial charge in [-0.3, -0.25) is 4.79 Å². The van der Waals surface area contributed by atoms with E-state index in [2.05, 4.69) is 10.6 Å². The third-order valence-corrected chi connectivity index (χ3v) is 4.03. The van der Waals surface area contributed by atoms with Crippen molar-refractivity contribution in [3.05, 3.63) is 24.3 Å². The fourth-order valence-corrected chi connectivity index (χ4v) is 2.81. The van der Waals surface area contributed by atoms with E-state index in [1.807, 2.05) is 24.3 Å². The molecule has 0 spiro atoms. The van der Waals surface area contributed by atoms with Gasteiger partial charge in [0.2, 0.25) is 5.91 Å². The number of carbonyl (C=O) groups is 1. The lowest BCUT2D eigenvalue weighted by molar-refractivity contribution is -0.122. The van der Waals surface area contributed by atoms with Crippen LogP contribution in [-0.4, -0.2) is 38.3 Å². The molecule has 1 amide bonds. The fourth-order valence-electron chi connectivity index (χ4n) is 2.81. The van der Waals surface area contributed by atoms with Crippen LogP contribution in [0.5, 0.6) is 11.5 Å². The smallest absolute Gasteiger partial charge is 0.220 e. The molecular weight excluding hydrogens is 268 g/mol. The number of piperidine rings is 1. The quantitative estimate of drug-likeness (QED) is 0.878. The van der Waals surface area contributed by atoms with Gasteiger partial charge in [-0.15, -0.1) is 0 Å². The number of benzene rings is 1. The van der Waals surface area contributed by atoms with Crippen molar-refractivity contribution in [2.45, 2.75) is 25.4 Å². The number of ether oxygens (including phenoxy) is 2. The molecule has 2 N–H and O–H groups in total. The molecule has 0 bridgehead atoms. The molecule has 0 aliphatic carbocycles. The molecule has 1 aromatic carbocycles. The third kappa shape index (κ3) is 3.88. The number of hydrogen-bond acceptors (Lipinski definition) is 4. The molecule has 0 saturated carbocycles. The van der Waals surface area contributed by atoms with Gasteiger partial charge in [0, 0.05) is 6.42 Å². The number of para-hydroxylation sites is 2. The molecule has 1 saturated heterocycles. The van der Waals surface area contributed by atoms with Gasteiger partial charge in [0.05, 0.1) is 6.54 Å². The van der Waals surface area contributed by atoms with Gasteiger partial charge < -0.3 is 20.1 Å². The van der Waals surface area contributed by atoms with Crippen LogP contribution in [0.15, 0.2) is 24.3 Å². The molecule has 1 fully saturated rings. The molecule has 1 atom stereocenters. The molecule has 0 radical (unpaired) electrons. The van der Waals surface area contributed by atoms with E-state index >= 15 is 0 Å². The first-order valence-corrected chi connectivity index (χ1v) is 7.67. The van der Waals surface area contributed by atoms with Crippen LogP contribution < -0.4 is 20.1 Å². The van der Waals surface area contributed by atoms with Crippen molar-refractivity contribution >= 4 is 5.91 Å². The summed E-state index contributed by atoms with van der Waals surface area (Å²) in [5, 5.41) is 6.28. The Hall–Kier alpha value is -1.75. The van der Waals surface area contributed by atoms with Crippen molar-refractivity contribution in [3.63, 3.8) is 0 Å². The molecule has 2 aliphatic heterocycles. The lowest BCUT2D eigenvalue weighted by Gasteiger charge is -2.27. The van der Waals surface area contributed by atoms with Gasteiger partial charge in [-0.05, 0) is 44.0 Å². The van der Waals surface area contributed by atoms with E-state index in [1.54, 1.807) is 0 Å². The van der Waals surface area contributed by atoms with E-state index in [1.165, 1.54) is 0 Å². The lowest BCUT2D eigenvalue weighted by atomic mass is 9.94. The minimum atomic E-state index is -0.114. The van der Waals surface area contributed by atoms with Crippen molar-refractivity contribution in [2.24, 2.45) is 5.92 Å². The predicted molar refractivity (Wildman–Crippen MR) is 79.6 cm³/mol. The van der Waals surface area contributed by atoms with Crippen LogP contribution in [0, 0.1) is 5.92 Å². The number of nitrogens with one attached hydrogen (secondary N) is 2. The lowest BCUT2D eigenvalue weighted by Crippen LogP contribution is -2.41. The van der Waals surface area contributed by atoms with Gasteiger partial charge in [-0.2, -0.15) is 0 Å². The SMILES string of the molecule is O=C(CC1CCNCC1)NCC1COc2ccccc2O1. The second-order valence-electron chi connectivity index (χ2n) is 5.70. The zero-order valence-electron chi connectivity index (χ0n) is 12.1. The third-order valence-electron chi connectivity index (χ3n) is 4.03. The first-order valence-electron chi connectivity index (χ1n) is 7.67. The number of carbonyl (C=O) groups excluding carboxylic acids is 1. The van der Waals surface area contributed by atoms with Crippen LogP contribution >= 0.6 is 0 Å². The zero-order chi connectivity index (χ0) is 14.5. The molecule has 1 unspecified atom stereocenters. The average molecular weight is 290 g/mol. The van der Waals surface area contributed by atoms with Crippen LogP contribution in [0.25, 0.3) is 0 Å². The van der Waals surface area contributed by atoms with Gasteiger partial charge in [-0.25, -0.2) is 0 Å². The fraction of sp³-hybridized carbons (Fsp3) is 0.562. The number of rotatable bonds is 4. The summed E-state index contributed by atoms with van der Waals surface area (Å²) in [6, 6.07) is 7.61. The molecular formula is C16H22N2O3. The summed E-state index contributed by atoms with van der Waals surface area (Å²) in [6.45, 7) is 3.02. The summed E-state index contributed by atoms with van der Waals surface area (Å²) >= 11 is 0. The Balaban J connectivity index is 1.42. The molecule has 2 aliphatic rings. The van der Waals surface area contributed by atoms with Crippen molar-refractivity contribution < 1.29 is 14.3 Å². The maximum absolute atomic E-state index is 12.0. The first kappa shape index (κ1) is 14.2. The number of hydrogen-bond donors (Lipinski definition) is 2. The molecule has 5 nitrogen and oxygen atoms in total. The summed E-state index contributed by atoms with van der Waals surface area (Å²) in [6.07, 6.45) is 2.68. The molecule has 21 heavy (non-hydrogen) atoms. The summed E-state index contributed by atoms with van der Waals surface area (Å²) < 4.78 is 11.5. The highest BCUT2D eigenvalue weighted by Gasteiger charge is 2.22. The van der Waals surface area contributed by atoms with Gasteiger partial charge in [0.1, 0.15) is 12.7 Å². The summed E-state index contributed by atoms with van der Waals surface area (Å²) in [4.78, 5) is 12.0. The van der Waals surface area contributed by atoms with E-state index in [-0.39, 0.29) is 12.0 Å². The molecule has 1 aromatic rings. The maximum atomic E-state index is 12.0. The van der Waals surface area contributed by atoms with Crippen LogP contribution in [0.2, 0.25) is 0 Å². The highest BCUT2D eigenvalue weighted by molar-refractivity contribution is 5.76. The van der Waals surface area contributed by atoms with Crippen molar-refractivity contribution in [1.29, 1.82) is 0 Å². The van der Waals surface area contributed by atoms with E-state index < -0.39 is 0 Å². The predicted octanol–water partition coefficient (Wildman–Crippen LogP) is 1.33. The standard InChI is InChI=1S/C16H22N2O3/c19-16(9-12-5-7-17-8-6-12)18-10-13-11-20-14-3-1-2-4-15(14)21-13/h1-4,12-13,17H,5-11H2,(H,18,19). The molecule has 5 heteroatoms. The highest BCUT2D eigenvalue weighted by Crippen LogP contribution is 2.30. The number of amides is 1. The molecule has 114 valence electrons. The van der Waals surface area contributed by atoms with Crippen LogP contribution in [0.1, 0.15) is 19.3 Å². The average Bonchev–Trinajstić information content (AvgIpc) is 2.54. The normalized spacial score (nSPS) is 21.8. The summed E-state index contributed by atoms with van der Waals surface area (Å²) in [7, 11) is 0. The zero-order valence-corrected chi connectivity index (χ0v) is 12.1.